The van der Waals surface area contributed by atoms with E-state index in [9.17, 15) is 5.11 Å². The number of phenolic OH excluding ortho intramolecular Hbond substituents is 1. The fourth-order valence-electron chi connectivity index (χ4n) is 3.80. The molecule has 0 spiro atoms. The van der Waals surface area contributed by atoms with Crippen LogP contribution >= 0.6 is 0 Å². The van der Waals surface area contributed by atoms with Gasteiger partial charge in [0.25, 0.3) is 0 Å². The SMILES string of the molecule is COc1ccc(-c2nc(-c3ccc(C)cc3)nc(-c3c(C)cc(C)cc3C)n2)c(O)c1. The monoisotopic (exact) mass is 411 g/mol. The van der Waals surface area contributed by atoms with Gasteiger partial charge in [0, 0.05) is 17.2 Å². The van der Waals surface area contributed by atoms with Gasteiger partial charge in [0.1, 0.15) is 11.5 Å². The van der Waals surface area contributed by atoms with Crippen LogP contribution in [0.4, 0.5) is 0 Å². The van der Waals surface area contributed by atoms with Gasteiger partial charge >= 0.3 is 0 Å². The smallest absolute Gasteiger partial charge is 0.167 e. The Morgan fingerprint density at radius 1 is 0.677 bits per heavy atom. The lowest BCUT2D eigenvalue weighted by molar-refractivity contribution is 0.408. The van der Waals surface area contributed by atoms with E-state index in [0.29, 0.717) is 28.8 Å². The van der Waals surface area contributed by atoms with Crippen molar-refractivity contribution in [2.24, 2.45) is 0 Å². The van der Waals surface area contributed by atoms with Crippen molar-refractivity contribution in [1.29, 1.82) is 0 Å². The van der Waals surface area contributed by atoms with Crippen LogP contribution in [0.1, 0.15) is 22.3 Å². The molecule has 0 saturated carbocycles. The molecule has 31 heavy (non-hydrogen) atoms. The second-order valence-corrected chi connectivity index (χ2v) is 7.83. The number of aromatic nitrogens is 3. The van der Waals surface area contributed by atoms with Crippen LogP contribution in [0.5, 0.6) is 11.5 Å². The summed E-state index contributed by atoms with van der Waals surface area (Å²) in [7, 11) is 1.56. The zero-order valence-electron chi connectivity index (χ0n) is 18.4. The minimum absolute atomic E-state index is 0.0590. The molecule has 4 aromatic rings. The quantitative estimate of drug-likeness (QED) is 0.458. The number of nitrogens with zero attached hydrogens (tertiary/aromatic N) is 3. The van der Waals surface area contributed by atoms with E-state index in [1.54, 1.807) is 25.3 Å². The van der Waals surface area contributed by atoms with Crippen molar-refractivity contribution in [2.75, 3.05) is 7.11 Å². The van der Waals surface area contributed by atoms with Crippen LogP contribution in [0.15, 0.2) is 54.6 Å². The Labute approximate surface area is 182 Å². The van der Waals surface area contributed by atoms with Gasteiger partial charge in [-0.15, -0.1) is 0 Å². The lowest BCUT2D eigenvalue weighted by atomic mass is 9.99. The molecule has 1 N–H and O–H groups in total. The average Bonchev–Trinajstić information content (AvgIpc) is 2.73. The molecule has 5 heteroatoms. The molecule has 0 radical (unpaired) electrons. The lowest BCUT2D eigenvalue weighted by Gasteiger charge is -2.13. The summed E-state index contributed by atoms with van der Waals surface area (Å²) in [5.41, 5.74) is 6.96. The highest BCUT2D eigenvalue weighted by Crippen LogP contribution is 2.34. The van der Waals surface area contributed by atoms with Gasteiger partial charge in [-0.3, -0.25) is 0 Å². The van der Waals surface area contributed by atoms with Gasteiger partial charge in [-0.05, 0) is 51.0 Å². The fourth-order valence-corrected chi connectivity index (χ4v) is 3.80. The van der Waals surface area contributed by atoms with Crippen molar-refractivity contribution >= 4 is 0 Å². The number of phenols is 1. The van der Waals surface area contributed by atoms with Gasteiger partial charge in [-0.2, -0.15) is 0 Å². The van der Waals surface area contributed by atoms with Crippen molar-refractivity contribution in [2.45, 2.75) is 27.7 Å². The van der Waals surface area contributed by atoms with E-state index >= 15 is 0 Å². The molecule has 0 unspecified atom stereocenters. The summed E-state index contributed by atoms with van der Waals surface area (Å²) in [4.78, 5) is 14.3. The van der Waals surface area contributed by atoms with E-state index in [2.05, 4.69) is 32.9 Å². The third kappa shape index (κ3) is 4.12. The lowest BCUT2D eigenvalue weighted by Crippen LogP contribution is -2.02. The summed E-state index contributed by atoms with van der Waals surface area (Å²) in [5, 5.41) is 10.6. The summed E-state index contributed by atoms with van der Waals surface area (Å²) < 4.78 is 5.21. The van der Waals surface area contributed by atoms with E-state index in [0.717, 1.165) is 27.8 Å². The first kappa shape index (κ1) is 20.5. The van der Waals surface area contributed by atoms with Crippen LogP contribution in [0.2, 0.25) is 0 Å². The van der Waals surface area contributed by atoms with Gasteiger partial charge < -0.3 is 9.84 Å². The van der Waals surface area contributed by atoms with Crippen LogP contribution in [0.25, 0.3) is 34.2 Å². The number of aryl methyl sites for hydroxylation is 4. The first-order chi connectivity index (χ1) is 14.9. The molecule has 0 amide bonds. The number of benzene rings is 3. The number of ether oxygens (including phenoxy) is 1. The molecule has 0 saturated heterocycles. The molecule has 0 atom stereocenters. The molecule has 1 heterocycles. The van der Waals surface area contributed by atoms with Crippen LogP contribution < -0.4 is 4.74 Å². The summed E-state index contributed by atoms with van der Waals surface area (Å²) in [6, 6.07) is 17.4. The maximum atomic E-state index is 10.6. The van der Waals surface area contributed by atoms with Crippen molar-refractivity contribution in [3.63, 3.8) is 0 Å². The second-order valence-electron chi connectivity index (χ2n) is 7.83. The van der Waals surface area contributed by atoms with Crippen LogP contribution in [0, 0.1) is 27.7 Å². The maximum Gasteiger partial charge on any atom is 0.167 e. The summed E-state index contributed by atoms with van der Waals surface area (Å²) in [6.07, 6.45) is 0. The highest BCUT2D eigenvalue weighted by atomic mass is 16.5. The Balaban J connectivity index is 1.97. The molecule has 156 valence electrons. The van der Waals surface area contributed by atoms with Gasteiger partial charge in [0.05, 0.1) is 12.7 Å². The highest BCUT2D eigenvalue weighted by molar-refractivity contribution is 5.72. The summed E-state index contributed by atoms with van der Waals surface area (Å²) in [6.45, 7) is 8.25. The van der Waals surface area contributed by atoms with Crippen LogP contribution in [-0.2, 0) is 0 Å². The highest BCUT2D eigenvalue weighted by Gasteiger charge is 2.17. The van der Waals surface area contributed by atoms with Crippen LogP contribution in [-0.4, -0.2) is 27.2 Å². The average molecular weight is 412 g/mol. The molecule has 0 aliphatic carbocycles. The van der Waals surface area contributed by atoms with E-state index < -0.39 is 0 Å². The molecule has 3 aromatic carbocycles. The first-order valence-electron chi connectivity index (χ1n) is 10.1. The van der Waals surface area contributed by atoms with Gasteiger partial charge in [-0.1, -0.05) is 47.5 Å². The topological polar surface area (TPSA) is 68.1 Å². The van der Waals surface area contributed by atoms with Crippen molar-refractivity contribution in [3.8, 4) is 45.7 Å². The van der Waals surface area contributed by atoms with Crippen LogP contribution in [0.3, 0.4) is 0 Å². The molecular weight excluding hydrogens is 386 g/mol. The zero-order valence-corrected chi connectivity index (χ0v) is 18.4. The van der Waals surface area contributed by atoms with Gasteiger partial charge in [0.2, 0.25) is 0 Å². The predicted octanol–water partition coefficient (Wildman–Crippen LogP) is 5.82. The summed E-state index contributed by atoms with van der Waals surface area (Å²) in [5.74, 6) is 2.20. The number of hydrogen-bond donors (Lipinski definition) is 1. The van der Waals surface area contributed by atoms with Crippen molar-refractivity contribution in [3.05, 3.63) is 76.9 Å². The van der Waals surface area contributed by atoms with Crippen molar-refractivity contribution in [1.82, 2.24) is 15.0 Å². The first-order valence-corrected chi connectivity index (χ1v) is 10.1. The molecule has 0 fully saturated rings. The van der Waals surface area contributed by atoms with E-state index in [-0.39, 0.29) is 5.75 Å². The molecule has 5 nitrogen and oxygen atoms in total. The molecule has 4 rings (SSSR count). The molecule has 0 aliphatic rings. The van der Waals surface area contributed by atoms with E-state index in [1.165, 1.54) is 5.56 Å². The normalized spacial score (nSPS) is 10.9. The number of rotatable bonds is 4. The number of methoxy groups -OCH3 is 1. The predicted molar refractivity (Wildman–Crippen MR) is 123 cm³/mol. The number of aromatic hydroxyl groups is 1. The summed E-state index contributed by atoms with van der Waals surface area (Å²) >= 11 is 0. The van der Waals surface area contributed by atoms with E-state index in [4.69, 9.17) is 19.7 Å². The fraction of sp³-hybridized carbons (Fsp3) is 0.192. The number of hydrogen-bond acceptors (Lipinski definition) is 5. The second kappa shape index (κ2) is 8.19. The van der Waals surface area contributed by atoms with Gasteiger partial charge in [-0.25, -0.2) is 15.0 Å². The maximum absolute atomic E-state index is 10.6. The Morgan fingerprint density at radius 3 is 1.90 bits per heavy atom. The molecule has 0 bridgehead atoms. The Kier molecular flexibility index (Phi) is 5.42. The molecular formula is C26H25N3O2. The Hall–Kier alpha value is -3.73. The third-order valence-electron chi connectivity index (χ3n) is 5.29. The Bertz CT molecular complexity index is 1240. The minimum Gasteiger partial charge on any atom is -0.507 e. The molecule has 0 aliphatic heterocycles. The largest absolute Gasteiger partial charge is 0.507 e. The Morgan fingerprint density at radius 2 is 1.29 bits per heavy atom. The minimum atomic E-state index is 0.0590. The van der Waals surface area contributed by atoms with Gasteiger partial charge in [0.15, 0.2) is 17.5 Å². The van der Waals surface area contributed by atoms with Crippen molar-refractivity contribution < 1.29 is 9.84 Å². The van der Waals surface area contributed by atoms with E-state index in [1.807, 2.05) is 31.2 Å². The zero-order chi connectivity index (χ0) is 22.1. The third-order valence-corrected chi connectivity index (χ3v) is 5.29. The standard InChI is InChI=1S/C26H25N3O2/c1-15-6-8-19(9-7-15)24-27-25(21-11-10-20(31-5)14-22(21)30)29-26(28-24)23-17(3)12-16(2)13-18(23)4/h6-14,30H,1-5H3. The molecule has 1 aromatic heterocycles.